The van der Waals surface area contributed by atoms with E-state index < -0.39 is 63.8 Å². The third kappa shape index (κ3) is 4.49. The Balaban J connectivity index is 1.61. The molecule has 8 nitrogen and oxygen atoms in total. The topological polar surface area (TPSA) is 106 Å². The van der Waals surface area contributed by atoms with Gasteiger partial charge in [-0.15, -0.1) is 0 Å². The number of nitrogens with zero attached hydrogens (tertiary/aromatic N) is 1. The van der Waals surface area contributed by atoms with Crippen LogP contribution in [0.25, 0.3) is 0 Å². The molecular formula is C25H19F3N2O6S2. The molecule has 2 amide bonds. The van der Waals surface area contributed by atoms with Gasteiger partial charge in [-0.1, -0.05) is 53.4 Å². The number of carbonyl (C=O) groups is 3. The first-order valence-electron chi connectivity index (χ1n) is 11.4. The number of aromatic nitrogens is 1. The van der Waals surface area contributed by atoms with E-state index in [9.17, 15) is 32.3 Å². The number of amides is 2. The smallest absolute Gasteiger partial charge is 0.418 e. The molecule has 5 rings (SSSR count). The second-order valence-corrected chi connectivity index (χ2v) is 10.6. The maximum absolute atomic E-state index is 13.8. The number of anilines is 1. The summed E-state index contributed by atoms with van der Waals surface area (Å²) < 4.78 is 52.0. The van der Waals surface area contributed by atoms with E-state index in [1.54, 1.807) is 31.2 Å². The van der Waals surface area contributed by atoms with Crippen LogP contribution in [0.4, 0.5) is 18.9 Å². The second-order valence-electron chi connectivity index (χ2n) is 8.41. The molecule has 3 atom stereocenters. The summed E-state index contributed by atoms with van der Waals surface area (Å²) in [6.07, 6.45) is -4.80. The Bertz CT molecular complexity index is 1480. The fraction of sp³-hybridized carbons (Fsp3) is 0.280. The molecule has 2 unspecified atom stereocenters. The van der Waals surface area contributed by atoms with Gasteiger partial charge in [0.25, 0.3) is 0 Å². The van der Waals surface area contributed by atoms with Gasteiger partial charge in [-0.25, -0.2) is 9.69 Å². The summed E-state index contributed by atoms with van der Waals surface area (Å²) >= 11 is 1.80. The lowest BCUT2D eigenvalue weighted by Crippen LogP contribution is -2.33. The molecule has 1 saturated heterocycles. The molecule has 2 aliphatic heterocycles. The summed E-state index contributed by atoms with van der Waals surface area (Å²) in [5.74, 6) is -4.04. The molecular weight excluding hydrogens is 545 g/mol. The Morgan fingerprint density at radius 3 is 2.50 bits per heavy atom. The first-order valence-corrected chi connectivity index (χ1v) is 13.1. The Morgan fingerprint density at radius 1 is 1.05 bits per heavy atom. The molecule has 13 heteroatoms. The molecule has 0 saturated carbocycles. The maximum Gasteiger partial charge on any atom is 0.418 e. The van der Waals surface area contributed by atoms with Crippen LogP contribution < -0.4 is 14.5 Å². The van der Waals surface area contributed by atoms with Crippen molar-refractivity contribution in [3.05, 3.63) is 74.2 Å². The van der Waals surface area contributed by atoms with Crippen molar-refractivity contribution in [3.8, 4) is 5.75 Å². The third-order valence-corrected chi connectivity index (χ3v) is 8.58. The van der Waals surface area contributed by atoms with E-state index in [1.807, 2.05) is 0 Å². The number of hydrogen-bond acceptors (Lipinski definition) is 8. The van der Waals surface area contributed by atoms with Crippen LogP contribution in [0.15, 0.2) is 58.4 Å². The number of halogens is 3. The number of rotatable bonds is 6. The van der Waals surface area contributed by atoms with Crippen LogP contribution in [0.2, 0.25) is 0 Å². The van der Waals surface area contributed by atoms with Gasteiger partial charge in [0, 0.05) is 16.4 Å². The fourth-order valence-corrected chi connectivity index (χ4v) is 7.21. The number of fused-ring (bicyclic) bond motifs is 2. The van der Waals surface area contributed by atoms with Crippen LogP contribution in [-0.2, 0) is 25.3 Å². The molecule has 1 aromatic heterocycles. The standard InChI is InChI=1S/C25H19F3N2O6S2/c1-2-35-16(31)11-36-15-10-6-3-7-12(15)17-18-20(37-21-19(17)38-24(34)29-21)23(33)30(22(18)32)14-9-5-4-8-13(14)25(26,27)28/h3-10,17-18,20H,2,11H2,1H3,(H,29,34)/t17-,18?,20?/m1/s1. The number of thioether (sulfide) groups is 1. The van der Waals surface area contributed by atoms with Gasteiger partial charge in [-0.05, 0) is 25.1 Å². The highest BCUT2D eigenvalue weighted by molar-refractivity contribution is 8.00. The zero-order valence-electron chi connectivity index (χ0n) is 19.6. The predicted molar refractivity (Wildman–Crippen MR) is 132 cm³/mol. The number of H-pyrrole nitrogens is 1. The SMILES string of the molecule is CCOC(=O)COc1ccccc1[C@H]1c2sc(=O)[nH]c2SC2C(=O)N(c3ccccc3C(F)(F)F)C(=O)C21. The van der Waals surface area contributed by atoms with E-state index in [0.717, 1.165) is 35.2 Å². The summed E-state index contributed by atoms with van der Waals surface area (Å²) in [7, 11) is 0. The molecule has 1 fully saturated rings. The summed E-state index contributed by atoms with van der Waals surface area (Å²) in [6, 6.07) is 10.9. The maximum atomic E-state index is 13.8. The van der Waals surface area contributed by atoms with Gasteiger partial charge >= 0.3 is 17.0 Å². The van der Waals surface area contributed by atoms with Crippen molar-refractivity contribution in [1.82, 2.24) is 4.98 Å². The number of aromatic amines is 1. The molecule has 0 aliphatic carbocycles. The average molecular weight is 565 g/mol. The van der Waals surface area contributed by atoms with E-state index in [0.29, 0.717) is 20.4 Å². The van der Waals surface area contributed by atoms with Gasteiger partial charge < -0.3 is 14.5 Å². The Hall–Kier alpha value is -3.58. The normalized spacial score (nSPS) is 20.7. The molecule has 0 radical (unpaired) electrons. The molecule has 3 aromatic rings. The highest BCUT2D eigenvalue weighted by Crippen LogP contribution is 2.55. The van der Waals surface area contributed by atoms with Crippen molar-refractivity contribution in [1.29, 1.82) is 0 Å². The van der Waals surface area contributed by atoms with Crippen molar-refractivity contribution in [2.24, 2.45) is 5.92 Å². The molecule has 2 aromatic carbocycles. The molecule has 0 spiro atoms. The van der Waals surface area contributed by atoms with Crippen LogP contribution in [0.5, 0.6) is 5.75 Å². The highest BCUT2D eigenvalue weighted by atomic mass is 32.2. The van der Waals surface area contributed by atoms with E-state index in [-0.39, 0.29) is 12.4 Å². The summed E-state index contributed by atoms with van der Waals surface area (Å²) in [5.41, 5.74) is -1.24. The van der Waals surface area contributed by atoms with Crippen LogP contribution in [0, 0.1) is 5.92 Å². The average Bonchev–Trinajstić information content (AvgIpc) is 3.37. The third-order valence-electron chi connectivity index (χ3n) is 6.18. The number of benzene rings is 2. The minimum Gasteiger partial charge on any atom is -0.482 e. The van der Waals surface area contributed by atoms with Gasteiger partial charge in [0.05, 0.1) is 28.8 Å². The monoisotopic (exact) mass is 564 g/mol. The Labute approximate surface area is 221 Å². The highest BCUT2D eigenvalue weighted by Gasteiger charge is 2.57. The van der Waals surface area contributed by atoms with Crippen molar-refractivity contribution in [2.45, 2.75) is 29.3 Å². The Kier molecular flexibility index (Phi) is 6.82. The van der Waals surface area contributed by atoms with Crippen LogP contribution in [-0.4, -0.2) is 41.2 Å². The van der Waals surface area contributed by atoms with Crippen LogP contribution in [0.1, 0.15) is 28.8 Å². The quantitative estimate of drug-likeness (QED) is 0.354. The number of alkyl halides is 3. The lowest BCUT2D eigenvalue weighted by atomic mass is 9.82. The van der Waals surface area contributed by atoms with E-state index in [1.165, 1.54) is 12.1 Å². The van der Waals surface area contributed by atoms with Crippen molar-refractivity contribution >= 4 is 46.6 Å². The number of esters is 1. The summed E-state index contributed by atoms with van der Waals surface area (Å²) in [4.78, 5) is 54.8. The fourth-order valence-electron chi connectivity index (χ4n) is 4.71. The van der Waals surface area contributed by atoms with E-state index in [2.05, 4.69) is 4.98 Å². The largest absolute Gasteiger partial charge is 0.482 e. The number of hydrogen-bond donors (Lipinski definition) is 1. The predicted octanol–water partition coefficient (Wildman–Crippen LogP) is 4.19. The van der Waals surface area contributed by atoms with Gasteiger partial charge in [-0.3, -0.25) is 14.4 Å². The van der Waals surface area contributed by atoms with E-state index >= 15 is 0 Å². The number of thiazole rings is 1. The molecule has 38 heavy (non-hydrogen) atoms. The molecule has 3 heterocycles. The van der Waals surface area contributed by atoms with Gasteiger partial charge in [0.1, 0.15) is 11.0 Å². The summed E-state index contributed by atoms with van der Waals surface area (Å²) in [6.45, 7) is 1.38. The lowest BCUT2D eigenvalue weighted by Gasteiger charge is -2.30. The van der Waals surface area contributed by atoms with Crippen molar-refractivity contribution in [3.63, 3.8) is 0 Å². The van der Waals surface area contributed by atoms with Crippen LogP contribution >= 0.6 is 23.1 Å². The minimum absolute atomic E-state index is 0.153. The molecule has 2 aliphatic rings. The van der Waals surface area contributed by atoms with Crippen molar-refractivity contribution < 1.29 is 37.0 Å². The lowest BCUT2D eigenvalue weighted by molar-refractivity contribution is -0.145. The van der Waals surface area contributed by atoms with Gasteiger partial charge in [0.15, 0.2) is 6.61 Å². The van der Waals surface area contributed by atoms with Crippen molar-refractivity contribution in [2.75, 3.05) is 18.1 Å². The number of ether oxygens (including phenoxy) is 2. The first kappa shape index (κ1) is 26.0. The number of nitrogens with one attached hydrogen (secondary N) is 1. The van der Waals surface area contributed by atoms with E-state index in [4.69, 9.17) is 9.47 Å². The molecule has 0 bridgehead atoms. The van der Waals surface area contributed by atoms with Gasteiger partial charge in [0.2, 0.25) is 11.8 Å². The molecule has 1 N–H and O–H groups in total. The molecule has 198 valence electrons. The number of carbonyl (C=O) groups excluding carboxylic acids is 3. The summed E-state index contributed by atoms with van der Waals surface area (Å²) in [5, 5.41) is -0.733. The Morgan fingerprint density at radius 2 is 1.76 bits per heavy atom. The minimum atomic E-state index is -4.80. The van der Waals surface area contributed by atoms with Crippen LogP contribution in [0.3, 0.4) is 0 Å². The number of imide groups is 1. The van der Waals surface area contributed by atoms with Gasteiger partial charge in [-0.2, -0.15) is 13.2 Å². The zero-order valence-corrected chi connectivity index (χ0v) is 21.2. The second kappa shape index (κ2) is 9.95. The first-order chi connectivity index (χ1) is 18.1. The zero-order chi connectivity index (χ0) is 27.2. The number of para-hydroxylation sites is 2.